The highest BCUT2D eigenvalue weighted by Crippen LogP contribution is 2.37. The summed E-state index contributed by atoms with van der Waals surface area (Å²) in [6.07, 6.45) is 3.23. The molecule has 0 amide bonds. The zero-order valence-corrected chi connectivity index (χ0v) is 10.4. The molecule has 0 unspecified atom stereocenters. The summed E-state index contributed by atoms with van der Waals surface area (Å²) in [5, 5.41) is 10.8. The Morgan fingerprint density at radius 1 is 1.55 bits per heavy atom. The van der Waals surface area contributed by atoms with E-state index in [-0.39, 0.29) is 0 Å². The number of hydrogen-bond acceptors (Lipinski definition) is 5. The quantitative estimate of drug-likeness (QED) is 0.684. The number of nitro groups is 1. The van der Waals surface area contributed by atoms with Crippen LogP contribution < -0.4 is 9.64 Å². The van der Waals surface area contributed by atoms with Crippen molar-refractivity contribution in [2.24, 2.45) is 0 Å². The summed E-state index contributed by atoms with van der Waals surface area (Å²) < 4.78 is 18.9. The molecule has 1 aromatic heterocycles. The second-order valence-corrected chi connectivity index (χ2v) is 4.38. The molecule has 1 aliphatic rings. The highest BCUT2D eigenvalue weighted by atomic mass is 19.1. The first kappa shape index (κ1) is 12.4. The number of anilines is 1. The minimum Gasteiger partial charge on any atom is -0.489 e. The van der Waals surface area contributed by atoms with Gasteiger partial charge < -0.3 is 14.6 Å². The van der Waals surface area contributed by atoms with E-state index in [1.165, 1.54) is 6.07 Å². The van der Waals surface area contributed by atoms with Gasteiger partial charge in [0.25, 0.3) is 0 Å². The van der Waals surface area contributed by atoms with E-state index in [0.717, 1.165) is 11.8 Å². The number of imidazole rings is 1. The number of rotatable bonds is 3. The lowest BCUT2D eigenvalue weighted by atomic mass is 10.2. The molecule has 0 atom stereocenters. The average molecular weight is 278 g/mol. The Bertz CT molecular complexity index is 644. The summed E-state index contributed by atoms with van der Waals surface area (Å²) in [6, 6.07) is 2.27. The number of nitrogens with zero attached hydrogens (tertiary/aromatic N) is 3. The normalized spacial score (nSPS) is 13.8. The number of nitrogens with one attached hydrogen (secondary N) is 1. The molecule has 0 radical (unpaired) electrons. The number of aromatic amines is 1. The summed E-state index contributed by atoms with van der Waals surface area (Å²) in [5.41, 5.74) is 0.827. The predicted molar refractivity (Wildman–Crippen MR) is 68.2 cm³/mol. The van der Waals surface area contributed by atoms with Crippen LogP contribution >= 0.6 is 0 Å². The number of H-pyrrole nitrogens is 1. The predicted octanol–water partition coefficient (Wildman–Crippen LogP) is 1.86. The molecule has 7 nitrogen and oxygen atoms in total. The summed E-state index contributed by atoms with van der Waals surface area (Å²) in [7, 11) is 0. The fraction of sp³-hybridized carbons (Fsp3) is 0.250. The molecule has 1 aromatic carbocycles. The average Bonchev–Trinajstić information content (AvgIpc) is 2.91. The van der Waals surface area contributed by atoms with Crippen LogP contribution in [0.2, 0.25) is 0 Å². The first-order valence-electron chi connectivity index (χ1n) is 5.98. The fourth-order valence-corrected chi connectivity index (χ4v) is 2.16. The summed E-state index contributed by atoms with van der Waals surface area (Å²) in [6.45, 7) is 1.46. The molecule has 104 valence electrons. The van der Waals surface area contributed by atoms with Crippen molar-refractivity contribution in [2.45, 2.75) is 6.54 Å². The third-order valence-electron chi connectivity index (χ3n) is 3.10. The van der Waals surface area contributed by atoms with Crippen LogP contribution in [0.3, 0.4) is 0 Å². The van der Waals surface area contributed by atoms with E-state index in [1.54, 1.807) is 12.5 Å². The number of aromatic nitrogens is 2. The van der Waals surface area contributed by atoms with Gasteiger partial charge in [0, 0.05) is 18.3 Å². The standard InChI is InChI=1S/C12H11FN4O3/c13-9-3-12-11(4-10(9)17(18)19)16(1-2-20-12)6-8-5-14-7-15-8/h3-5,7H,1-2,6H2,(H,14,15). The van der Waals surface area contributed by atoms with Gasteiger partial charge in [0.05, 0.1) is 35.7 Å². The Hall–Kier alpha value is -2.64. The lowest BCUT2D eigenvalue weighted by molar-refractivity contribution is -0.387. The van der Waals surface area contributed by atoms with Crippen LogP contribution in [-0.2, 0) is 6.54 Å². The summed E-state index contributed by atoms with van der Waals surface area (Å²) >= 11 is 0. The highest BCUT2D eigenvalue weighted by molar-refractivity contribution is 5.64. The maximum atomic E-state index is 13.6. The van der Waals surface area contributed by atoms with Crippen molar-refractivity contribution in [3.63, 3.8) is 0 Å². The van der Waals surface area contributed by atoms with Crippen molar-refractivity contribution in [1.82, 2.24) is 9.97 Å². The van der Waals surface area contributed by atoms with Crippen LogP contribution in [0.5, 0.6) is 5.75 Å². The molecule has 0 spiro atoms. The number of halogens is 1. The molecule has 0 fully saturated rings. The second kappa shape index (κ2) is 4.80. The van der Waals surface area contributed by atoms with Crippen LogP contribution in [0, 0.1) is 15.9 Å². The molecule has 3 rings (SSSR count). The van der Waals surface area contributed by atoms with Gasteiger partial charge in [0.2, 0.25) is 5.82 Å². The van der Waals surface area contributed by atoms with Crippen molar-refractivity contribution in [2.75, 3.05) is 18.1 Å². The maximum Gasteiger partial charge on any atom is 0.307 e. The number of hydrogen-bond donors (Lipinski definition) is 1. The molecule has 0 bridgehead atoms. The molecule has 2 aromatic rings. The molecule has 20 heavy (non-hydrogen) atoms. The van der Waals surface area contributed by atoms with E-state index in [4.69, 9.17) is 4.74 Å². The lowest BCUT2D eigenvalue weighted by Crippen LogP contribution is -2.32. The molecule has 1 aliphatic heterocycles. The molecular weight excluding hydrogens is 267 g/mol. The van der Waals surface area contributed by atoms with E-state index >= 15 is 0 Å². The first-order valence-corrected chi connectivity index (χ1v) is 5.98. The first-order chi connectivity index (χ1) is 9.65. The molecule has 0 aliphatic carbocycles. The van der Waals surface area contributed by atoms with Crippen molar-refractivity contribution >= 4 is 11.4 Å². The van der Waals surface area contributed by atoms with Gasteiger partial charge in [-0.25, -0.2) is 4.98 Å². The third-order valence-corrected chi connectivity index (χ3v) is 3.10. The van der Waals surface area contributed by atoms with Crippen LogP contribution in [-0.4, -0.2) is 28.0 Å². The Balaban J connectivity index is 1.98. The van der Waals surface area contributed by atoms with Gasteiger partial charge in [0.15, 0.2) is 0 Å². The largest absolute Gasteiger partial charge is 0.489 e. The van der Waals surface area contributed by atoms with Gasteiger partial charge in [-0.05, 0) is 0 Å². The van der Waals surface area contributed by atoms with Gasteiger partial charge in [-0.15, -0.1) is 0 Å². The molecule has 8 heteroatoms. The lowest BCUT2D eigenvalue weighted by Gasteiger charge is -2.30. The molecule has 1 N–H and O–H groups in total. The van der Waals surface area contributed by atoms with Crippen molar-refractivity contribution in [1.29, 1.82) is 0 Å². The van der Waals surface area contributed by atoms with Gasteiger partial charge in [0.1, 0.15) is 12.4 Å². The Kier molecular flexibility index (Phi) is 2.97. The topological polar surface area (TPSA) is 84.3 Å². The van der Waals surface area contributed by atoms with Crippen LogP contribution in [0.4, 0.5) is 15.8 Å². The number of ether oxygens (including phenoxy) is 1. The fourth-order valence-electron chi connectivity index (χ4n) is 2.16. The zero-order chi connectivity index (χ0) is 14.1. The molecule has 0 saturated heterocycles. The van der Waals surface area contributed by atoms with E-state index in [1.807, 2.05) is 4.90 Å². The Labute approximate surface area is 113 Å². The van der Waals surface area contributed by atoms with Gasteiger partial charge >= 0.3 is 5.69 Å². The van der Waals surface area contributed by atoms with Crippen molar-refractivity contribution in [3.05, 3.63) is 46.3 Å². The molecule has 0 saturated carbocycles. The molecular formula is C12H11FN4O3. The third kappa shape index (κ3) is 2.15. The maximum absolute atomic E-state index is 13.6. The summed E-state index contributed by atoms with van der Waals surface area (Å²) in [5.74, 6) is -0.573. The summed E-state index contributed by atoms with van der Waals surface area (Å²) in [4.78, 5) is 18.9. The van der Waals surface area contributed by atoms with E-state index < -0.39 is 16.4 Å². The van der Waals surface area contributed by atoms with E-state index in [9.17, 15) is 14.5 Å². The monoisotopic (exact) mass is 278 g/mol. The minimum absolute atomic E-state index is 0.318. The SMILES string of the molecule is O=[N+]([O-])c1cc2c(cc1F)OCCN2Cc1cnc[nH]1. The Morgan fingerprint density at radius 2 is 2.40 bits per heavy atom. The zero-order valence-electron chi connectivity index (χ0n) is 10.4. The van der Waals surface area contributed by atoms with Crippen molar-refractivity contribution < 1.29 is 14.1 Å². The number of benzene rings is 1. The highest BCUT2D eigenvalue weighted by Gasteiger charge is 2.25. The van der Waals surface area contributed by atoms with E-state index in [0.29, 0.717) is 31.1 Å². The van der Waals surface area contributed by atoms with Crippen LogP contribution in [0.15, 0.2) is 24.7 Å². The van der Waals surface area contributed by atoms with Gasteiger partial charge in [-0.1, -0.05) is 0 Å². The molecule has 2 heterocycles. The van der Waals surface area contributed by atoms with Gasteiger partial charge in [-0.2, -0.15) is 4.39 Å². The van der Waals surface area contributed by atoms with E-state index in [2.05, 4.69) is 9.97 Å². The van der Waals surface area contributed by atoms with Gasteiger partial charge in [-0.3, -0.25) is 10.1 Å². The number of nitro benzene ring substituents is 1. The number of fused-ring (bicyclic) bond motifs is 1. The van der Waals surface area contributed by atoms with Crippen molar-refractivity contribution in [3.8, 4) is 5.75 Å². The van der Waals surface area contributed by atoms with Crippen LogP contribution in [0.1, 0.15) is 5.69 Å². The Morgan fingerprint density at radius 3 is 3.10 bits per heavy atom. The minimum atomic E-state index is -0.892. The second-order valence-electron chi connectivity index (χ2n) is 4.38. The smallest absolute Gasteiger partial charge is 0.307 e. The van der Waals surface area contributed by atoms with Crippen LogP contribution in [0.25, 0.3) is 0 Å².